The average Bonchev–Trinajstić information content (AvgIpc) is 2.23. The molecule has 0 aromatic heterocycles. The van der Waals surface area contributed by atoms with Crippen molar-refractivity contribution < 1.29 is 0 Å². The van der Waals surface area contributed by atoms with E-state index < -0.39 is 0 Å². The molecule has 0 aliphatic heterocycles. The molecule has 0 fully saturated rings. The monoisotopic (exact) mass is 188 g/mol. The predicted octanol–water partition coefficient (Wildman–Crippen LogP) is 2.79. The van der Waals surface area contributed by atoms with Gasteiger partial charge in [-0.05, 0) is 43.5 Å². The van der Waals surface area contributed by atoms with Crippen LogP contribution in [0.25, 0.3) is 0 Å². The molecule has 1 unspecified atom stereocenters. The highest BCUT2D eigenvalue weighted by molar-refractivity contribution is 5.52. The molecule has 0 radical (unpaired) electrons. The number of nitrogens with two attached hydrogens (primary N) is 1. The molecule has 0 amide bonds. The number of nitrogen functional groups attached to an aromatic ring is 1. The van der Waals surface area contributed by atoms with Crippen LogP contribution < -0.4 is 11.1 Å². The number of hydrogen-bond donors (Lipinski definition) is 2. The van der Waals surface area contributed by atoms with Crippen molar-refractivity contribution in [3.63, 3.8) is 0 Å². The highest BCUT2D eigenvalue weighted by Gasteiger charge is 2.06. The van der Waals surface area contributed by atoms with Crippen LogP contribution in [-0.2, 0) is 0 Å². The summed E-state index contributed by atoms with van der Waals surface area (Å²) >= 11 is 0. The van der Waals surface area contributed by atoms with Crippen molar-refractivity contribution in [2.75, 3.05) is 11.1 Å². The summed E-state index contributed by atoms with van der Waals surface area (Å²) < 4.78 is 0. The summed E-state index contributed by atoms with van der Waals surface area (Å²) in [5.74, 6) is 0. The van der Waals surface area contributed by atoms with E-state index >= 15 is 0 Å². The molecule has 1 aliphatic carbocycles. The van der Waals surface area contributed by atoms with Gasteiger partial charge in [-0.2, -0.15) is 0 Å². The summed E-state index contributed by atoms with van der Waals surface area (Å²) in [5, 5.41) is 3.47. The van der Waals surface area contributed by atoms with Gasteiger partial charge < -0.3 is 11.1 Å². The summed E-state index contributed by atoms with van der Waals surface area (Å²) in [6, 6.07) is 8.40. The van der Waals surface area contributed by atoms with Gasteiger partial charge in [0.1, 0.15) is 0 Å². The van der Waals surface area contributed by atoms with Crippen LogP contribution >= 0.6 is 0 Å². The smallest absolute Gasteiger partial charge is 0.0444 e. The topological polar surface area (TPSA) is 38.0 Å². The lowest BCUT2D eigenvalue weighted by Crippen LogP contribution is -2.18. The first-order valence-electron chi connectivity index (χ1n) is 5.13. The van der Waals surface area contributed by atoms with Crippen molar-refractivity contribution in [1.82, 2.24) is 0 Å². The van der Waals surface area contributed by atoms with Crippen LogP contribution in [0.2, 0.25) is 0 Å². The lowest BCUT2D eigenvalue weighted by atomic mass is 10.0. The molecule has 3 N–H and O–H groups in total. The van der Waals surface area contributed by atoms with Crippen LogP contribution in [0.1, 0.15) is 19.3 Å². The Labute approximate surface area is 84.8 Å². The van der Waals surface area contributed by atoms with Gasteiger partial charge >= 0.3 is 0 Å². The summed E-state index contributed by atoms with van der Waals surface area (Å²) in [4.78, 5) is 0. The molecular formula is C12H16N2. The number of rotatable bonds is 2. The molecule has 0 saturated carbocycles. The van der Waals surface area contributed by atoms with Crippen LogP contribution in [0.4, 0.5) is 11.4 Å². The Morgan fingerprint density at radius 3 is 2.64 bits per heavy atom. The molecule has 2 heteroatoms. The molecular weight excluding hydrogens is 172 g/mol. The normalized spacial score (nSPS) is 20.7. The van der Waals surface area contributed by atoms with Gasteiger partial charge in [-0.25, -0.2) is 0 Å². The predicted molar refractivity (Wildman–Crippen MR) is 61.3 cm³/mol. The first-order chi connectivity index (χ1) is 6.84. The quantitative estimate of drug-likeness (QED) is 0.553. The lowest BCUT2D eigenvalue weighted by molar-refractivity contribution is 0.674. The first-order valence-corrected chi connectivity index (χ1v) is 5.13. The van der Waals surface area contributed by atoms with Crippen LogP contribution in [0.3, 0.4) is 0 Å². The molecule has 2 nitrogen and oxygen atoms in total. The van der Waals surface area contributed by atoms with Crippen LogP contribution in [-0.4, -0.2) is 6.04 Å². The van der Waals surface area contributed by atoms with Crippen molar-refractivity contribution in [2.45, 2.75) is 25.3 Å². The minimum absolute atomic E-state index is 0.493. The average molecular weight is 188 g/mol. The summed E-state index contributed by atoms with van der Waals surface area (Å²) in [7, 11) is 0. The van der Waals surface area contributed by atoms with Gasteiger partial charge in [0.25, 0.3) is 0 Å². The minimum atomic E-state index is 0.493. The second-order valence-corrected chi connectivity index (χ2v) is 3.73. The zero-order chi connectivity index (χ0) is 9.80. The number of nitrogens with one attached hydrogen (secondary N) is 1. The Balaban J connectivity index is 1.99. The van der Waals surface area contributed by atoms with E-state index in [4.69, 9.17) is 5.73 Å². The largest absolute Gasteiger partial charge is 0.399 e. The maximum Gasteiger partial charge on any atom is 0.0444 e. The Morgan fingerprint density at radius 1 is 1.21 bits per heavy atom. The number of hydrogen-bond acceptors (Lipinski definition) is 2. The third kappa shape index (κ3) is 2.28. The number of benzene rings is 1. The van der Waals surface area contributed by atoms with Gasteiger partial charge in [0.15, 0.2) is 0 Å². The molecule has 0 spiro atoms. The molecule has 1 aliphatic rings. The van der Waals surface area contributed by atoms with Crippen LogP contribution in [0.5, 0.6) is 0 Å². The molecule has 14 heavy (non-hydrogen) atoms. The Hall–Kier alpha value is -1.44. The Morgan fingerprint density at radius 2 is 2.00 bits per heavy atom. The van der Waals surface area contributed by atoms with Gasteiger partial charge in [-0.15, -0.1) is 0 Å². The first kappa shape index (κ1) is 9.13. The van der Waals surface area contributed by atoms with E-state index in [-0.39, 0.29) is 0 Å². The second kappa shape index (κ2) is 4.18. The Bertz CT molecular complexity index is 314. The molecule has 2 rings (SSSR count). The standard InChI is InChI=1S/C12H16N2/c13-10-6-8-12(9-7-10)14-11-4-2-1-3-5-11/h2,4,6-9,11,14H,1,3,5,13H2. The fraction of sp³-hybridized carbons (Fsp3) is 0.333. The van der Waals surface area contributed by atoms with Crippen molar-refractivity contribution in [2.24, 2.45) is 0 Å². The van der Waals surface area contributed by atoms with Crippen molar-refractivity contribution >= 4 is 11.4 Å². The maximum atomic E-state index is 5.62. The SMILES string of the molecule is Nc1ccc(NC2C=CCCC2)cc1. The van der Waals surface area contributed by atoms with Gasteiger partial charge in [-0.1, -0.05) is 12.2 Å². The highest BCUT2D eigenvalue weighted by Crippen LogP contribution is 2.17. The maximum absolute atomic E-state index is 5.62. The molecule has 1 aromatic carbocycles. The third-order valence-electron chi connectivity index (χ3n) is 2.52. The summed E-state index contributed by atoms with van der Waals surface area (Å²) in [6.45, 7) is 0. The van der Waals surface area contributed by atoms with Crippen molar-refractivity contribution in [1.29, 1.82) is 0 Å². The van der Waals surface area contributed by atoms with Gasteiger partial charge in [-0.3, -0.25) is 0 Å². The van der Waals surface area contributed by atoms with E-state index in [1.54, 1.807) is 0 Å². The Kier molecular flexibility index (Phi) is 2.73. The van der Waals surface area contributed by atoms with E-state index in [0.717, 1.165) is 11.4 Å². The molecule has 0 heterocycles. The molecule has 1 atom stereocenters. The van der Waals surface area contributed by atoms with Gasteiger partial charge in [0.2, 0.25) is 0 Å². The summed E-state index contributed by atoms with van der Waals surface area (Å²) in [6.07, 6.45) is 8.22. The van der Waals surface area contributed by atoms with Gasteiger partial charge in [0.05, 0.1) is 0 Å². The fourth-order valence-electron chi connectivity index (χ4n) is 1.73. The fourth-order valence-corrected chi connectivity index (χ4v) is 1.73. The lowest BCUT2D eigenvalue weighted by Gasteiger charge is -2.19. The van der Waals surface area contributed by atoms with Crippen molar-refractivity contribution in [3.8, 4) is 0 Å². The molecule has 0 saturated heterocycles. The van der Waals surface area contributed by atoms with E-state index in [2.05, 4.69) is 17.5 Å². The third-order valence-corrected chi connectivity index (χ3v) is 2.52. The second-order valence-electron chi connectivity index (χ2n) is 3.73. The number of anilines is 2. The van der Waals surface area contributed by atoms with E-state index in [0.29, 0.717) is 6.04 Å². The van der Waals surface area contributed by atoms with Crippen LogP contribution in [0, 0.1) is 0 Å². The molecule has 74 valence electrons. The van der Waals surface area contributed by atoms with E-state index in [1.165, 1.54) is 19.3 Å². The van der Waals surface area contributed by atoms with Crippen LogP contribution in [0.15, 0.2) is 36.4 Å². The zero-order valence-corrected chi connectivity index (χ0v) is 8.24. The highest BCUT2D eigenvalue weighted by atomic mass is 14.9. The van der Waals surface area contributed by atoms with Gasteiger partial charge in [0, 0.05) is 17.4 Å². The number of allylic oxidation sites excluding steroid dienone is 1. The van der Waals surface area contributed by atoms with E-state index in [1.807, 2.05) is 24.3 Å². The minimum Gasteiger partial charge on any atom is -0.399 e. The van der Waals surface area contributed by atoms with Crippen molar-refractivity contribution in [3.05, 3.63) is 36.4 Å². The zero-order valence-electron chi connectivity index (χ0n) is 8.24. The van der Waals surface area contributed by atoms with E-state index in [9.17, 15) is 0 Å². The molecule has 0 bridgehead atoms. The molecule has 1 aromatic rings. The summed E-state index contributed by atoms with van der Waals surface area (Å²) in [5.41, 5.74) is 7.58.